The van der Waals surface area contributed by atoms with Crippen molar-refractivity contribution < 1.29 is 9.53 Å². The molecule has 2 amide bonds. The largest absolute Gasteiger partial charge is 0.493 e. The number of rotatable bonds is 5. The first kappa shape index (κ1) is 20.4. The summed E-state index contributed by atoms with van der Waals surface area (Å²) in [4.78, 5) is 15.6. The van der Waals surface area contributed by atoms with Crippen LogP contribution in [0.4, 0.5) is 16.2 Å². The monoisotopic (exact) mass is 431 g/mol. The van der Waals surface area contributed by atoms with E-state index in [1.807, 2.05) is 30.3 Å². The van der Waals surface area contributed by atoms with Crippen LogP contribution in [0.2, 0.25) is 5.02 Å². The van der Waals surface area contributed by atoms with Crippen LogP contribution in [0, 0.1) is 11.8 Å². The van der Waals surface area contributed by atoms with Crippen LogP contribution in [-0.2, 0) is 0 Å². The SMILES string of the molecule is CN1C(=O)N(c2ccc(Cl)cc2)Sc2ccc(OCC3CCC(CN)CC3)cc21. The number of nitrogens with two attached hydrogens (primary N) is 1. The molecule has 4 rings (SSSR count). The number of benzene rings is 2. The van der Waals surface area contributed by atoms with Gasteiger partial charge in [-0.25, -0.2) is 9.10 Å². The molecule has 0 atom stereocenters. The number of carbonyl (C=O) groups excluding carboxylic acids is 1. The molecule has 1 fully saturated rings. The van der Waals surface area contributed by atoms with E-state index in [0.717, 1.165) is 35.2 Å². The highest BCUT2D eigenvalue weighted by Gasteiger charge is 2.30. The van der Waals surface area contributed by atoms with Gasteiger partial charge < -0.3 is 10.5 Å². The Morgan fingerprint density at radius 3 is 2.48 bits per heavy atom. The highest BCUT2D eigenvalue weighted by Crippen LogP contribution is 2.42. The first-order chi connectivity index (χ1) is 14.0. The lowest BCUT2D eigenvalue weighted by Gasteiger charge is -2.34. The average Bonchev–Trinajstić information content (AvgIpc) is 2.76. The second-order valence-corrected chi connectivity index (χ2v) is 9.19. The van der Waals surface area contributed by atoms with E-state index in [1.165, 1.54) is 37.6 Å². The van der Waals surface area contributed by atoms with Gasteiger partial charge in [-0.2, -0.15) is 0 Å². The summed E-state index contributed by atoms with van der Waals surface area (Å²) >= 11 is 7.39. The van der Waals surface area contributed by atoms with Crippen LogP contribution in [0.25, 0.3) is 0 Å². The van der Waals surface area contributed by atoms with Crippen molar-refractivity contribution in [2.45, 2.75) is 30.6 Å². The molecule has 0 radical (unpaired) electrons. The molecule has 5 nitrogen and oxygen atoms in total. The normalized spacial score (nSPS) is 21.8. The van der Waals surface area contributed by atoms with Crippen LogP contribution in [0.1, 0.15) is 25.7 Å². The smallest absolute Gasteiger partial charge is 0.339 e. The molecule has 2 N–H and O–H groups in total. The van der Waals surface area contributed by atoms with Crippen molar-refractivity contribution >= 4 is 41.0 Å². The van der Waals surface area contributed by atoms with E-state index in [4.69, 9.17) is 22.1 Å². The minimum atomic E-state index is -0.0953. The molecule has 2 aromatic rings. The van der Waals surface area contributed by atoms with Crippen molar-refractivity contribution in [3.63, 3.8) is 0 Å². The maximum Gasteiger partial charge on any atom is 0.339 e. The minimum absolute atomic E-state index is 0.0953. The number of ether oxygens (including phenoxy) is 1. The third-order valence-corrected chi connectivity index (χ3v) is 7.13. The van der Waals surface area contributed by atoms with Gasteiger partial charge in [-0.1, -0.05) is 11.6 Å². The highest BCUT2D eigenvalue weighted by molar-refractivity contribution is 8.01. The minimum Gasteiger partial charge on any atom is -0.493 e. The van der Waals surface area contributed by atoms with E-state index in [2.05, 4.69) is 0 Å². The van der Waals surface area contributed by atoms with E-state index in [0.29, 0.717) is 16.9 Å². The maximum atomic E-state index is 12.9. The fraction of sp³-hybridized carbons (Fsp3) is 0.409. The van der Waals surface area contributed by atoms with E-state index >= 15 is 0 Å². The predicted octanol–water partition coefficient (Wildman–Crippen LogP) is 5.57. The van der Waals surface area contributed by atoms with Crippen LogP contribution in [0.3, 0.4) is 0 Å². The number of urea groups is 1. The first-order valence-corrected chi connectivity index (χ1v) is 11.2. The molecule has 0 saturated heterocycles. The second-order valence-electron chi connectivity index (χ2n) is 7.77. The summed E-state index contributed by atoms with van der Waals surface area (Å²) in [6.07, 6.45) is 4.75. The zero-order chi connectivity index (χ0) is 20.4. The summed E-state index contributed by atoms with van der Waals surface area (Å²) in [5, 5.41) is 0.648. The number of hydrogen-bond donors (Lipinski definition) is 1. The number of halogens is 1. The molecule has 0 unspecified atom stereocenters. The third kappa shape index (κ3) is 4.49. The summed E-state index contributed by atoms with van der Waals surface area (Å²) < 4.78 is 7.76. The molecule has 1 heterocycles. The first-order valence-electron chi connectivity index (χ1n) is 10.0. The number of amides is 2. The van der Waals surface area contributed by atoms with Crippen LogP contribution in [-0.4, -0.2) is 26.2 Å². The van der Waals surface area contributed by atoms with Crippen molar-refractivity contribution in [1.29, 1.82) is 0 Å². The van der Waals surface area contributed by atoms with E-state index in [-0.39, 0.29) is 6.03 Å². The lowest BCUT2D eigenvalue weighted by atomic mass is 9.82. The summed E-state index contributed by atoms with van der Waals surface area (Å²) in [7, 11) is 1.79. The molecule has 7 heteroatoms. The maximum absolute atomic E-state index is 12.9. The van der Waals surface area contributed by atoms with Gasteiger partial charge in [0.2, 0.25) is 0 Å². The Morgan fingerprint density at radius 1 is 1.10 bits per heavy atom. The Labute approximate surface area is 181 Å². The number of nitrogens with zero attached hydrogens (tertiary/aromatic N) is 2. The van der Waals surface area contributed by atoms with E-state index in [1.54, 1.807) is 28.4 Å². The van der Waals surface area contributed by atoms with Gasteiger partial charge in [-0.05, 0) is 92.4 Å². The molecule has 0 aromatic heterocycles. The van der Waals surface area contributed by atoms with Crippen LogP contribution >= 0.6 is 23.5 Å². The number of hydrogen-bond acceptors (Lipinski definition) is 4. The summed E-state index contributed by atoms with van der Waals surface area (Å²) in [6.45, 7) is 1.52. The Morgan fingerprint density at radius 2 is 1.79 bits per heavy atom. The van der Waals surface area contributed by atoms with Gasteiger partial charge >= 0.3 is 6.03 Å². The zero-order valence-electron chi connectivity index (χ0n) is 16.5. The quantitative estimate of drug-likeness (QED) is 0.629. The second kappa shape index (κ2) is 8.86. The Hall–Kier alpha value is -1.89. The molecule has 29 heavy (non-hydrogen) atoms. The third-order valence-electron chi connectivity index (χ3n) is 5.79. The molecular formula is C22H26ClN3O2S. The standard InChI is InChI=1S/C22H26ClN3O2S/c1-25-20-12-19(28-14-16-4-2-15(13-24)3-5-16)10-11-21(20)29-26(22(25)27)18-8-6-17(23)7-9-18/h6-12,15-16H,2-5,13-14,24H2,1H3. The van der Waals surface area contributed by atoms with Gasteiger partial charge in [0, 0.05) is 18.1 Å². The number of anilines is 2. The van der Waals surface area contributed by atoms with Crippen LogP contribution in [0.5, 0.6) is 5.75 Å². The zero-order valence-corrected chi connectivity index (χ0v) is 18.1. The van der Waals surface area contributed by atoms with Gasteiger partial charge in [0.15, 0.2) is 0 Å². The van der Waals surface area contributed by atoms with Gasteiger partial charge in [0.05, 0.1) is 22.9 Å². The van der Waals surface area contributed by atoms with Crippen molar-refractivity contribution in [2.24, 2.45) is 17.6 Å². The topological polar surface area (TPSA) is 58.8 Å². The summed E-state index contributed by atoms with van der Waals surface area (Å²) in [5.74, 6) is 2.07. The summed E-state index contributed by atoms with van der Waals surface area (Å²) in [6, 6.07) is 13.2. The average molecular weight is 432 g/mol. The molecule has 0 bridgehead atoms. The molecule has 0 spiro atoms. The van der Waals surface area contributed by atoms with Gasteiger partial charge in [-0.3, -0.25) is 4.90 Å². The Kier molecular flexibility index (Phi) is 6.23. The fourth-order valence-corrected chi connectivity index (χ4v) is 5.06. The molecular weight excluding hydrogens is 406 g/mol. The van der Waals surface area contributed by atoms with Crippen molar-refractivity contribution in [1.82, 2.24) is 0 Å². The molecule has 1 aliphatic carbocycles. The predicted molar refractivity (Wildman–Crippen MR) is 120 cm³/mol. The Balaban J connectivity index is 1.44. The van der Waals surface area contributed by atoms with Crippen LogP contribution in [0.15, 0.2) is 47.4 Å². The van der Waals surface area contributed by atoms with Crippen molar-refractivity contribution in [2.75, 3.05) is 29.4 Å². The van der Waals surface area contributed by atoms with Crippen LogP contribution < -0.4 is 19.7 Å². The lowest BCUT2D eigenvalue weighted by molar-refractivity contribution is 0.185. The van der Waals surface area contributed by atoms with E-state index in [9.17, 15) is 4.79 Å². The van der Waals surface area contributed by atoms with Crippen molar-refractivity contribution in [3.8, 4) is 5.75 Å². The van der Waals surface area contributed by atoms with E-state index < -0.39 is 0 Å². The summed E-state index contributed by atoms with van der Waals surface area (Å²) in [5.41, 5.74) is 7.45. The number of carbonyl (C=O) groups is 1. The fourth-order valence-electron chi connectivity index (χ4n) is 3.89. The van der Waals surface area contributed by atoms with Crippen molar-refractivity contribution in [3.05, 3.63) is 47.5 Å². The molecule has 154 valence electrons. The van der Waals surface area contributed by atoms with Gasteiger partial charge in [0.25, 0.3) is 0 Å². The molecule has 2 aliphatic rings. The molecule has 1 aliphatic heterocycles. The van der Waals surface area contributed by atoms with Gasteiger partial charge in [-0.15, -0.1) is 0 Å². The Bertz CT molecular complexity index is 869. The molecule has 2 aromatic carbocycles. The lowest BCUT2D eigenvalue weighted by Crippen LogP contribution is -2.40. The van der Waals surface area contributed by atoms with Gasteiger partial charge in [0.1, 0.15) is 5.75 Å². The molecule has 1 saturated carbocycles. The highest BCUT2D eigenvalue weighted by atomic mass is 35.5. The number of fused-ring (bicyclic) bond motifs is 1.